The molecule has 0 atom stereocenters. The van der Waals surface area contributed by atoms with Gasteiger partial charge >= 0.3 is 0 Å². The monoisotopic (exact) mass is 437 g/mol. The molecule has 30 heavy (non-hydrogen) atoms. The molecular weight excluding hydrogens is 418 g/mol. The van der Waals surface area contributed by atoms with Crippen molar-refractivity contribution in [2.75, 3.05) is 25.3 Å². The molecule has 0 aliphatic rings. The summed E-state index contributed by atoms with van der Waals surface area (Å²) in [6.07, 6.45) is 1.54. The first-order valence-corrected chi connectivity index (χ1v) is 10.9. The van der Waals surface area contributed by atoms with Crippen LogP contribution >= 0.6 is 23.1 Å². The predicted octanol–water partition coefficient (Wildman–Crippen LogP) is 5.11. The van der Waals surface area contributed by atoms with E-state index in [-0.39, 0.29) is 11.7 Å². The summed E-state index contributed by atoms with van der Waals surface area (Å²) < 4.78 is 10.5. The summed E-state index contributed by atoms with van der Waals surface area (Å²) in [7, 11) is 3.13. The minimum Gasteiger partial charge on any atom is -0.493 e. The smallest absolute Gasteiger partial charge is 0.234 e. The van der Waals surface area contributed by atoms with Crippen LogP contribution in [0.2, 0.25) is 0 Å². The van der Waals surface area contributed by atoms with Crippen LogP contribution in [0.4, 0.5) is 5.69 Å². The van der Waals surface area contributed by atoms with Gasteiger partial charge in [0.25, 0.3) is 0 Å². The van der Waals surface area contributed by atoms with Gasteiger partial charge in [-0.05, 0) is 23.8 Å². The molecule has 6 nitrogen and oxygen atoms in total. The molecule has 8 heteroatoms. The number of hydrogen-bond donors (Lipinski definition) is 1. The highest BCUT2D eigenvalue weighted by Crippen LogP contribution is 2.36. The van der Waals surface area contributed by atoms with Crippen molar-refractivity contribution in [3.05, 3.63) is 60.9 Å². The minimum absolute atomic E-state index is 0.127. The van der Waals surface area contributed by atoms with Gasteiger partial charge in [-0.3, -0.25) is 4.79 Å². The van der Waals surface area contributed by atoms with Crippen molar-refractivity contribution in [3.8, 4) is 21.9 Å². The number of anilines is 1. The first-order valence-electron chi connectivity index (χ1n) is 9.12. The van der Waals surface area contributed by atoms with Crippen molar-refractivity contribution >= 4 is 44.9 Å². The molecular formula is C22H19N3O3S2. The molecule has 0 aliphatic heterocycles. The lowest BCUT2D eigenvalue weighted by Crippen LogP contribution is -2.14. The third-order valence-corrected chi connectivity index (χ3v) is 6.46. The summed E-state index contributed by atoms with van der Waals surface area (Å²) in [4.78, 5) is 23.3. The topological polar surface area (TPSA) is 73.3 Å². The van der Waals surface area contributed by atoms with E-state index in [2.05, 4.69) is 33.5 Å². The van der Waals surface area contributed by atoms with Gasteiger partial charge in [-0.15, -0.1) is 11.3 Å². The van der Waals surface area contributed by atoms with Crippen molar-refractivity contribution in [2.24, 2.45) is 0 Å². The van der Waals surface area contributed by atoms with E-state index in [4.69, 9.17) is 9.47 Å². The maximum Gasteiger partial charge on any atom is 0.234 e. The van der Waals surface area contributed by atoms with Gasteiger partial charge in [0.15, 0.2) is 11.5 Å². The number of fused-ring (bicyclic) bond motifs is 1. The first-order chi connectivity index (χ1) is 14.7. The highest BCUT2D eigenvalue weighted by Gasteiger charge is 2.13. The minimum atomic E-state index is -0.127. The summed E-state index contributed by atoms with van der Waals surface area (Å²) in [5.74, 6) is 1.28. The van der Waals surface area contributed by atoms with E-state index in [1.165, 1.54) is 11.8 Å². The van der Waals surface area contributed by atoms with E-state index in [9.17, 15) is 4.79 Å². The predicted molar refractivity (Wildman–Crippen MR) is 122 cm³/mol. The van der Waals surface area contributed by atoms with Crippen LogP contribution in [-0.4, -0.2) is 35.8 Å². The van der Waals surface area contributed by atoms with Gasteiger partial charge in [0, 0.05) is 22.0 Å². The van der Waals surface area contributed by atoms with Crippen LogP contribution in [0.15, 0.2) is 66.0 Å². The summed E-state index contributed by atoms with van der Waals surface area (Å²) in [6, 6.07) is 17.5. The zero-order valence-corrected chi connectivity index (χ0v) is 18.0. The molecule has 1 amide bonds. The number of nitrogens with one attached hydrogen (secondary N) is 1. The fourth-order valence-corrected chi connectivity index (χ4v) is 4.78. The van der Waals surface area contributed by atoms with E-state index >= 15 is 0 Å². The lowest BCUT2D eigenvalue weighted by Gasteiger charge is -2.10. The van der Waals surface area contributed by atoms with Crippen LogP contribution in [0.3, 0.4) is 0 Å². The number of carbonyl (C=O) groups is 1. The molecule has 4 rings (SSSR count). The summed E-state index contributed by atoms with van der Waals surface area (Å²) >= 11 is 3.01. The number of thiophene rings is 1. The molecule has 0 saturated carbocycles. The molecule has 0 unspecified atom stereocenters. The van der Waals surface area contributed by atoms with Gasteiger partial charge in [-0.25, -0.2) is 9.97 Å². The molecule has 2 aromatic heterocycles. The third kappa shape index (κ3) is 4.39. The van der Waals surface area contributed by atoms with Crippen LogP contribution in [0.1, 0.15) is 0 Å². The van der Waals surface area contributed by atoms with E-state index in [0.29, 0.717) is 17.2 Å². The highest BCUT2D eigenvalue weighted by atomic mass is 32.2. The number of thioether (sulfide) groups is 1. The van der Waals surface area contributed by atoms with E-state index in [1.807, 2.05) is 18.2 Å². The molecule has 1 N–H and O–H groups in total. The van der Waals surface area contributed by atoms with Crippen molar-refractivity contribution in [3.63, 3.8) is 0 Å². The van der Waals surface area contributed by atoms with Crippen molar-refractivity contribution in [1.29, 1.82) is 0 Å². The Morgan fingerprint density at radius 1 is 1.03 bits per heavy atom. The number of rotatable bonds is 7. The Morgan fingerprint density at radius 3 is 2.60 bits per heavy atom. The maximum atomic E-state index is 12.5. The van der Waals surface area contributed by atoms with E-state index in [1.54, 1.807) is 50.1 Å². The Hall–Kier alpha value is -3.10. The number of aromatic nitrogens is 2. The number of carbonyl (C=O) groups excluding carboxylic acids is 1. The fraction of sp³-hybridized carbons (Fsp3) is 0.136. The van der Waals surface area contributed by atoms with Crippen molar-refractivity contribution < 1.29 is 14.3 Å². The second-order valence-electron chi connectivity index (χ2n) is 6.28. The van der Waals surface area contributed by atoms with Gasteiger partial charge in [-0.2, -0.15) is 0 Å². The lowest BCUT2D eigenvalue weighted by atomic mass is 10.2. The normalized spacial score (nSPS) is 10.7. The Balaban J connectivity index is 1.47. The molecule has 0 aliphatic carbocycles. The maximum absolute atomic E-state index is 12.5. The van der Waals surface area contributed by atoms with Gasteiger partial charge in [0.2, 0.25) is 5.91 Å². The molecule has 2 heterocycles. The van der Waals surface area contributed by atoms with Gasteiger partial charge in [0.1, 0.15) is 16.2 Å². The Bertz CT molecular complexity index is 1180. The molecule has 4 aromatic rings. The van der Waals surface area contributed by atoms with Crippen LogP contribution in [0.5, 0.6) is 11.5 Å². The Kier molecular flexibility index (Phi) is 6.15. The third-order valence-electron chi connectivity index (χ3n) is 4.36. The Morgan fingerprint density at radius 2 is 1.83 bits per heavy atom. The standard InChI is InChI=1S/C22H19N3O3S2/c1-27-17-9-8-15(10-18(17)28-2)25-20(26)12-29-21-16-11-19(14-6-4-3-5-7-14)30-22(16)24-13-23-21/h3-11,13H,12H2,1-2H3,(H,25,26). The number of nitrogens with zero attached hydrogens (tertiary/aromatic N) is 2. The quantitative estimate of drug-likeness (QED) is 0.320. The molecule has 0 saturated heterocycles. The van der Waals surface area contributed by atoms with Gasteiger partial charge < -0.3 is 14.8 Å². The Labute approximate surface area is 182 Å². The lowest BCUT2D eigenvalue weighted by molar-refractivity contribution is -0.113. The van der Waals surface area contributed by atoms with Gasteiger partial charge in [0.05, 0.1) is 20.0 Å². The molecule has 152 valence electrons. The number of ether oxygens (including phenoxy) is 2. The zero-order chi connectivity index (χ0) is 20.9. The molecule has 0 fully saturated rings. The highest BCUT2D eigenvalue weighted by molar-refractivity contribution is 8.00. The van der Waals surface area contributed by atoms with Crippen molar-refractivity contribution in [2.45, 2.75) is 5.03 Å². The summed E-state index contributed by atoms with van der Waals surface area (Å²) in [6.45, 7) is 0. The van der Waals surface area contributed by atoms with Crippen LogP contribution < -0.4 is 14.8 Å². The average Bonchev–Trinajstić information content (AvgIpc) is 3.23. The van der Waals surface area contributed by atoms with E-state index < -0.39 is 0 Å². The molecule has 0 radical (unpaired) electrons. The van der Waals surface area contributed by atoms with Crippen LogP contribution in [-0.2, 0) is 4.79 Å². The largest absolute Gasteiger partial charge is 0.493 e. The van der Waals surface area contributed by atoms with Crippen LogP contribution in [0, 0.1) is 0 Å². The fourth-order valence-electron chi connectivity index (χ4n) is 2.94. The van der Waals surface area contributed by atoms with E-state index in [0.717, 1.165) is 25.7 Å². The second-order valence-corrected chi connectivity index (χ2v) is 8.28. The van der Waals surface area contributed by atoms with Gasteiger partial charge in [-0.1, -0.05) is 42.1 Å². The van der Waals surface area contributed by atoms with Crippen LogP contribution in [0.25, 0.3) is 20.7 Å². The SMILES string of the molecule is COc1ccc(NC(=O)CSc2ncnc3sc(-c4ccccc4)cc23)cc1OC. The molecule has 0 bridgehead atoms. The number of benzene rings is 2. The second kappa shape index (κ2) is 9.15. The average molecular weight is 438 g/mol. The zero-order valence-electron chi connectivity index (χ0n) is 16.4. The first kappa shape index (κ1) is 20.2. The number of amides is 1. The molecule has 0 spiro atoms. The summed E-state index contributed by atoms with van der Waals surface area (Å²) in [5.41, 5.74) is 1.79. The summed E-state index contributed by atoms with van der Waals surface area (Å²) in [5, 5.41) is 4.64. The molecule has 2 aromatic carbocycles. The number of methoxy groups -OCH3 is 2. The van der Waals surface area contributed by atoms with Crippen molar-refractivity contribution in [1.82, 2.24) is 9.97 Å². The number of hydrogen-bond acceptors (Lipinski definition) is 7.